The average Bonchev–Trinajstić information content (AvgIpc) is 3.46. The quantitative estimate of drug-likeness (QED) is 0.739. The first-order valence-corrected chi connectivity index (χ1v) is 9.45. The van der Waals surface area contributed by atoms with Crippen LogP contribution in [0.15, 0.2) is 29.3 Å². The van der Waals surface area contributed by atoms with Crippen LogP contribution >= 0.6 is 0 Å². The molecular formula is C21H19F3N4O2. The second-order valence-electron chi connectivity index (χ2n) is 7.69. The molecule has 2 heterocycles. The van der Waals surface area contributed by atoms with Crippen molar-refractivity contribution in [2.24, 2.45) is 5.92 Å². The SMILES string of the molecule is Cc1cc(=O)n(Cc2cc3c(cc2C)C(C#CC2CC2)(C(F)(F)F)NC(=O)N3)cn1. The molecule has 1 atom stereocenters. The van der Waals surface area contributed by atoms with Crippen LogP contribution in [0.1, 0.15) is 35.2 Å². The van der Waals surface area contributed by atoms with E-state index in [1.807, 2.05) is 5.32 Å². The highest BCUT2D eigenvalue weighted by Gasteiger charge is 2.59. The van der Waals surface area contributed by atoms with E-state index >= 15 is 0 Å². The number of carbonyl (C=O) groups excluding carboxylic acids is 1. The number of benzene rings is 1. The van der Waals surface area contributed by atoms with Crippen molar-refractivity contribution < 1.29 is 18.0 Å². The summed E-state index contributed by atoms with van der Waals surface area (Å²) >= 11 is 0. The molecule has 0 radical (unpaired) electrons. The molecule has 1 saturated carbocycles. The molecule has 1 aliphatic heterocycles. The number of nitrogens with one attached hydrogen (secondary N) is 2. The van der Waals surface area contributed by atoms with Gasteiger partial charge in [0, 0.05) is 28.9 Å². The van der Waals surface area contributed by atoms with Crippen molar-refractivity contribution >= 4 is 11.7 Å². The number of anilines is 1. The minimum Gasteiger partial charge on any atom is -0.310 e. The van der Waals surface area contributed by atoms with Crippen LogP contribution in [0.5, 0.6) is 0 Å². The Balaban J connectivity index is 1.82. The smallest absolute Gasteiger partial charge is 0.310 e. The number of hydrogen-bond donors (Lipinski definition) is 2. The lowest BCUT2D eigenvalue weighted by molar-refractivity contribution is -0.178. The average molecular weight is 416 g/mol. The van der Waals surface area contributed by atoms with Crippen LogP contribution in [-0.2, 0) is 12.1 Å². The Morgan fingerprint density at radius 3 is 2.60 bits per heavy atom. The molecule has 9 heteroatoms. The molecule has 0 spiro atoms. The maximum absolute atomic E-state index is 14.2. The molecule has 1 aromatic carbocycles. The normalized spacial score (nSPS) is 20.5. The van der Waals surface area contributed by atoms with Crippen molar-refractivity contribution in [1.82, 2.24) is 14.9 Å². The summed E-state index contributed by atoms with van der Waals surface area (Å²) in [4.78, 5) is 28.4. The van der Waals surface area contributed by atoms with Gasteiger partial charge in [-0.2, -0.15) is 13.2 Å². The Labute approximate surface area is 170 Å². The fourth-order valence-electron chi connectivity index (χ4n) is 3.38. The molecule has 156 valence electrons. The number of nitrogens with zero attached hydrogens (tertiary/aromatic N) is 2. The van der Waals surface area contributed by atoms with E-state index in [1.165, 1.54) is 29.1 Å². The van der Waals surface area contributed by atoms with Crippen molar-refractivity contribution in [3.05, 3.63) is 57.3 Å². The fraction of sp³-hybridized carbons (Fsp3) is 0.381. The van der Waals surface area contributed by atoms with Crippen LogP contribution in [0.3, 0.4) is 0 Å². The third-order valence-electron chi connectivity index (χ3n) is 5.25. The van der Waals surface area contributed by atoms with Gasteiger partial charge in [-0.1, -0.05) is 11.8 Å². The molecule has 30 heavy (non-hydrogen) atoms. The van der Waals surface area contributed by atoms with Crippen molar-refractivity contribution in [3.8, 4) is 11.8 Å². The van der Waals surface area contributed by atoms with Crippen LogP contribution in [0.4, 0.5) is 23.7 Å². The van der Waals surface area contributed by atoms with E-state index in [2.05, 4.69) is 22.1 Å². The molecule has 1 fully saturated rings. The van der Waals surface area contributed by atoms with Crippen LogP contribution in [0, 0.1) is 31.6 Å². The van der Waals surface area contributed by atoms with Gasteiger partial charge in [-0.3, -0.25) is 9.36 Å². The predicted octanol–water partition coefficient (Wildman–Crippen LogP) is 3.21. The first kappa shape index (κ1) is 20.0. The highest BCUT2D eigenvalue weighted by atomic mass is 19.4. The molecular weight excluding hydrogens is 397 g/mol. The zero-order valence-corrected chi connectivity index (χ0v) is 16.4. The summed E-state index contributed by atoms with van der Waals surface area (Å²) in [5, 5.41) is 4.45. The Morgan fingerprint density at radius 2 is 1.97 bits per heavy atom. The van der Waals surface area contributed by atoms with Crippen LogP contribution in [-0.4, -0.2) is 21.8 Å². The number of aromatic nitrogens is 2. The number of alkyl halides is 3. The maximum Gasteiger partial charge on any atom is 0.427 e. The lowest BCUT2D eigenvalue weighted by Gasteiger charge is -2.37. The van der Waals surface area contributed by atoms with Crippen molar-refractivity contribution in [3.63, 3.8) is 0 Å². The van der Waals surface area contributed by atoms with Gasteiger partial charge < -0.3 is 10.6 Å². The highest BCUT2D eigenvalue weighted by molar-refractivity contribution is 5.95. The molecule has 1 aliphatic carbocycles. The Morgan fingerprint density at radius 1 is 1.23 bits per heavy atom. The molecule has 2 aliphatic rings. The van der Waals surface area contributed by atoms with Crippen LogP contribution in [0.2, 0.25) is 0 Å². The predicted molar refractivity (Wildman–Crippen MR) is 104 cm³/mol. The molecule has 2 N–H and O–H groups in total. The molecule has 1 unspecified atom stereocenters. The largest absolute Gasteiger partial charge is 0.427 e. The van der Waals surface area contributed by atoms with Gasteiger partial charge in [0.25, 0.3) is 5.56 Å². The number of hydrogen-bond acceptors (Lipinski definition) is 3. The molecule has 4 rings (SSSR count). The van der Waals surface area contributed by atoms with E-state index < -0.39 is 17.7 Å². The summed E-state index contributed by atoms with van der Waals surface area (Å²) in [5.41, 5.74) is -1.48. The van der Waals surface area contributed by atoms with E-state index in [0.29, 0.717) is 16.8 Å². The maximum atomic E-state index is 14.2. The first-order valence-electron chi connectivity index (χ1n) is 9.45. The van der Waals surface area contributed by atoms with Crippen molar-refractivity contribution in [2.75, 3.05) is 5.32 Å². The lowest BCUT2D eigenvalue weighted by Crippen LogP contribution is -2.59. The number of urea groups is 1. The topological polar surface area (TPSA) is 76.0 Å². The highest BCUT2D eigenvalue weighted by Crippen LogP contribution is 2.45. The summed E-state index contributed by atoms with van der Waals surface area (Å²) in [6, 6.07) is 3.24. The third kappa shape index (κ3) is 3.54. The van der Waals surface area contributed by atoms with Gasteiger partial charge in [-0.25, -0.2) is 9.78 Å². The first-order chi connectivity index (χ1) is 14.1. The van der Waals surface area contributed by atoms with E-state index in [4.69, 9.17) is 0 Å². The molecule has 6 nitrogen and oxygen atoms in total. The van der Waals surface area contributed by atoms with Crippen LogP contribution < -0.4 is 16.2 Å². The van der Waals surface area contributed by atoms with Crippen molar-refractivity contribution in [2.45, 2.75) is 44.9 Å². The van der Waals surface area contributed by atoms with Gasteiger partial charge in [0.05, 0.1) is 12.9 Å². The van der Waals surface area contributed by atoms with Gasteiger partial charge in [0.1, 0.15) is 0 Å². The monoisotopic (exact) mass is 416 g/mol. The van der Waals surface area contributed by atoms with Gasteiger partial charge in [0.2, 0.25) is 5.54 Å². The summed E-state index contributed by atoms with van der Waals surface area (Å²) in [6.07, 6.45) is -1.90. The minimum absolute atomic E-state index is 0.0230. The van der Waals surface area contributed by atoms with E-state index in [1.54, 1.807) is 13.8 Å². The number of halogens is 3. The zero-order chi connectivity index (χ0) is 21.7. The van der Waals surface area contributed by atoms with Gasteiger partial charge in [-0.05, 0) is 49.9 Å². The van der Waals surface area contributed by atoms with Gasteiger partial charge in [0.15, 0.2) is 0 Å². The third-order valence-corrected chi connectivity index (χ3v) is 5.25. The number of rotatable bonds is 2. The number of amides is 2. The fourth-order valence-corrected chi connectivity index (χ4v) is 3.38. The number of fused-ring (bicyclic) bond motifs is 1. The molecule has 2 amide bonds. The van der Waals surface area contributed by atoms with Gasteiger partial charge >= 0.3 is 12.2 Å². The summed E-state index contributed by atoms with van der Waals surface area (Å²) in [5.74, 6) is 4.91. The van der Waals surface area contributed by atoms with Crippen molar-refractivity contribution in [1.29, 1.82) is 0 Å². The summed E-state index contributed by atoms with van der Waals surface area (Å²) in [6.45, 7) is 3.47. The van der Waals surface area contributed by atoms with E-state index in [0.717, 1.165) is 12.8 Å². The zero-order valence-electron chi connectivity index (χ0n) is 16.4. The molecule has 1 aromatic heterocycles. The van der Waals surface area contributed by atoms with E-state index in [9.17, 15) is 22.8 Å². The standard InChI is InChI=1S/C21H19F3N4O2/c1-12-7-16-17(9-15(12)10-28-11-25-13(2)8-18(28)29)26-19(30)27-20(16,21(22,23)24)6-5-14-3-4-14/h7-9,11,14H,3-4,10H2,1-2H3,(H2,26,27,30). The second kappa shape index (κ2) is 6.90. The molecule has 0 bridgehead atoms. The molecule has 0 saturated heterocycles. The van der Waals surface area contributed by atoms with Gasteiger partial charge in [-0.15, -0.1) is 0 Å². The van der Waals surface area contributed by atoms with Crippen LogP contribution in [0.25, 0.3) is 0 Å². The summed E-state index contributed by atoms with van der Waals surface area (Å²) < 4.78 is 43.9. The number of aryl methyl sites for hydroxylation is 2. The lowest BCUT2D eigenvalue weighted by atomic mass is 9.84. The Kier molecular flexibility index (Phi) is 4.60. The molecule has 2 aromatic rings. The summed E-state index contributed by atoms with van der Waals surface area (Å²) in [7, 11) is 0. The Bertz CT molecular complexity index is 1160. The minimum atomic E-state index is -4.81. The Hall–Kier alpha value is -3.28. The number of carbonyl (C=O) groups is 1. The second-order valence-corrected chi connectivity index (χ2v) is 7.69. The van der Waals surface area contributed by atoms with E-state index in [-0.39, 0.29) is 29.3 Å².